The maximum absolute atomic E-state index is 13.3. The molecule has 2 N–H and O–H groups in total. The lowest BCUT2D eigenvalue weighted by Gasteiger charge is -2.31. The molecule has 1 fully saturated rings. The minimum absolute atomic E-state index is 0.184. The second-order valence-electron chi connectivity index (χ2n) is 10.5. The average Bonchev–Trinajstić information content (AvgIpc) is 2.87. The number of hydrogen-bond donors (Lipinski definition) is 2. The first-order valence-electron chi connectivity index (χ1n) is 12.8. The monoisotopic (exact) mass is 490 g/mol. The second-order valence-corrected chi connectivity index (χ2v) is 10.5. The van der Waals surface area contributed by atoms with Crippen LogP contribution in [0, 0.1) is 5.92 Å². The summed E-state index contributed by atoms with van der Waals surface area (Å²) in [6.07, 6.45) is 3.88. The quantitative estimate of drug-likeness (QED) is 0.426. The summed E-state index contributed by atoms with van der Waals surface area (Å²) in [5, 5.41) is 7.32. The van der Waals surface area contributed by atoms with Gasteiger partial charge in [0.15, 0.2) is 11.5 Å². The molecule has 2 aromatic carbocycles. The Kier molecular flexibility index (Phi) is 7.99. The van der Waals surface area contributed by atoms with Gasteiger partial charge in [0.25, 0.3) is 5.91 Å². The van der Waals surface area contributed by atoms with Gasteiger partial charge in [-0.05, 0) is 77.4 Å². The van der Waals surface area contributed by atoms with E-state index >= 15 is 0 Å². The zero-order valence-corrected chi connectivity index (χ0v) is 22.1. The van der Waals surface area contributed by atoms with E-state index in [2.05, 4.69) is 27.4 Å². The Balaban J connectivity index is 1.71. The van der Waals surface area contributed by atoms with Crippen molar-refractivity contribution in [3.8, 4) is 11.5 Å². The van der Waals surface area contributed by atoms with Crippen LogP contribution >= 0.6 is 0 Å². The van der Waals surface area contributed by atoms with Gasteiger partial charge in [-0.1, -0.05) is 25.1 Å². The molecule has 0 aliphatic carbocycles. The maximum Gasteiger partial charge on any atom is 0.255 e. The molecule has 0 saturated carbocycles. The fourth-order valence-electron chi connectivity index (χ4n) is 4.53. The molecule has 36 heavy (non-hydrogen) atoms. The summed E-state index contributed by atoms with van der Waals surface area (Å²) < 4.78 is 12.0. The molecule has 1 saturated heterocycles. The highest BCUT2D eigenvalue weighted by atomic mass is 16.5. The van der Waals surface area contributed by atoms with Gasteiger partial charge in [-0.3, -0.25) is 9.78 Å². The van der Waals surface area contributed by atoms with E-state index < -0.39 is 0 Å². The van der Waals surface area contributed by atoms with Crippen LogP contribution in [0.4, 0.5) is 11.4 Å². The highest BCUT2D eigenvalue weighted by molar-refractivity contribution is 6.08. The molecule has 0 unspecified atom stereocenters. The topological polar surface area (TPSA) is 75.7 Å². The van der Waals surface area contributed by atoms with E-state index in [0.717, 1.165) is 49.1 Å². The number of aromatic nitrogens is 1. The van der Waals surface area contributed by atoms with Gasteiger partial charge < -0.3 is 25.0 Å². The molecule has 0 radical (unpaired) electrons. The smallest absolute Gasteiger partial charge is 0.255 e. The van der Waals surface area contributed by atoms with Crippen molar-refractivity contribution in [2.75, 3.05) is 38.7 Å². The third-order valence-corrected chi connectivity index (χ3v) is 6.56. The highest BCUT2D eigenvalue weighted by Crippen LogP contribution is 2.38. The van der Waals surface area contributed by atoms with E-state index in [-0.39, 0.29) is 11.4 Å². The van der Waals surface area contributed by atoms with Crippen LogP contribution in [0.3, 0.4) is 0 Å². The SMILES string of the molecule is CCN1CCC(COc2cc3c(Nc4ccccc4)c(C(=O)NC(C)(C)C)cnc3cc2OC)CC1. The molecule has 192 valence electrons. The van der Waals surface area contributed by atoms with Gasteiger partial charge in [0.2, 0.25) is 0 Å². The maximum atomic E-state index is 13.3. The number of likely N-dealkylation sites (tertiary alicyclic amines) is 1. The lowest BCUT2D eigenvalue weighted by molar-refractivity contribution is 0.0920. The van der Waals surface area contributed by atoms with Gasteiger partial charge in [-0.2, -0.15) is 0 Å². The van der Waals surface area contributed by atoms with Crippen molar-refractivity contribution in [3.63, 3.8) is 0 Å². The highest BCUT2D eigenvalue weighted by Gasteiger charge is 2.23. The zero-order chi connectivity index (χ0) is 25.7. The third kappa shape index (κ3) is 6.26. The van der Waals surface area contributed by atoms with Crippen LogP contribution < -0.4 is 20.1 Å². The van der Waals surface area contributed by atoms with Gasteiger partial charge in [-0.15, -0.1) is 0 Å². The molecule has 7 nitrogen and oxygen atoms in total. The number of carbonyl (C=O) groups is 1. The number of rotatable bonds is 8. The van der Waals surface area contributed by atoms with Crippen LogP contribution in [0.15, 0.2) is 48.7 Å². The number of methoxy groups -OCH3 is 1. The molecular formula is C29H38N4O3. The molecule has 1 aromatic heterocycles. The number of ether oxygens (including phenoxy) is 2. The van der Waals surface area contributed by atoms with E-state index in [1.165, 1.54) is 0 Å². The Labute approximate surface area is 214 Å². The summed E-state index contributed by atoms with van der Waals surface area (Å²) in [4.78, 5) is 20.3. The number of nitrogens with zero attached hydrogens (tertiary/aromatic N) is 2. The summed E-state index contributed by atoms with van der Waals surface area (Å²) in [7, 11) is 1.64. The Bertz CT molecular complexity index is 1180. The van der Waals surface area contributed by atoms with E-state index in [1.807, 2.05) is 63.2 Å². The van der Waals surface area contributed by atoms with Crippen molar-refractivity contribution in [1.29, 1.82) is 0 Å². The number of benzene rings is 2. The van der Waals surface area contributed by atoms with E-state index in [9.17, 15) is 4.79 Å². The molecule has 2 heterocycles. The third-order valence-electron chi connectivity index (χ3n) is 6.56. The summed E-state index contributed by atoms with van der Waals surface area (Å²) >= 11 is 0. The molecule has 4 rings (SSSR count). The number of fused-ring (bicyclic) bond motifs is 1. The van der Waals surface area contributed by atoms with E-state index in [1.54, 1.807) is 13.3 Å². The average molecular weight is 491 g/mol. The Morgan fingerprint density at radius 1 is 1.11 bits per heavy atom. The van der Waals surface area contributed by atoms with Crippen LogP contribution in [0.1, 0.15) is 50.9 Å². The van der Waals surface area contributed by atoms with Crippen molar-refractivity contribution in [2.24, 2.45) is 5.92 Å². The van der Waals surface area contributed by atoms with Crippen LogP contribution in [0.2, 0.25) is 0 Å². The normalized spacial score (nSPS) is 15.0. The molecule has 0 bridgehead atoms. The predicted molar refractivity (Wildman–Crippen MR) is 146 cm³/mol. The first kappa shape index (κ1) is 25.8. The van der Waals surface area contributed by atoms with Crippen LogP contribution in [-0.2, 0) is 0 Å². The molecule has 0 spiro atoms. The number of hydrogen-bond acceptors (Lipinski definition) is 6. The number of piperidine rings is 1. The van der Waals surface area contributed by atoms with Crippen LogP contribution in [0.5, 0.6) is 11.5 Å². The van der Waals surface area contributed by atoms with Crippen LogP contribution in [0.25, 0.3) is 10.9 Å². The molecule has 7 heteroatoms. The van der Waals surface area contributed by atoms with Gasteiger partial charge in [-0.25, -0.2) is 0 Å². The fourth-order valence-corrected chi connectivity index (χ4v) is 4.53. The molecule has 1 aliphatic rings. The Morgan fingerprint density at radius 3 is 2.47 bits per heavy atom. The first-order valence-corrected chi connectivity index (χ1v) is 12.8. The van der Waals surface area contributed by atoms with Gasteiger partial charge >= 0.3 is 0 Å². The van der Waals surface area contributed by atoms with Crippen molar-refractivity contribution >= 4 is 28.2 Å². The summed E-state index contributed by atoms with van der Waals surface area (Å²) in [6.45, 7) is 12.1. The van der Waals surface area contributed by atoms with Crippen LogP contribution in [-0.4, -0.2) is 54.7 Å². The lowest BCUT2D eigenvalue weighted by Crippen LogP contribution is -2.40. The molecule has 3 aromatic rings. The number of anilines is 2. The first-order chi connectivity index (χ1) is 17.3. The van der Waals surface area contributed by atoms with Crippen molar-refractivity contribution < 1.29 is 14.3 Å². The summed E-state index contributed by atoms with van der Waals surface area (Å²) in [6, 6.07) is 13.7. The van der Waals surface area contributed by atoms with Crippen molar-refractivity contribution in [1.82, 2.24) is 15.2 Å². The molecule has 1 amide bonds. The number of carbonyl (C=O) groups excluding carboxylic acids is 1. The second kappa shape index (κ2) is 11.2. The number of para-hydroxylation sites is 1. The Morgan fingerprint density at radius 2 is 1.83 bits per heavy atom. The fraction of sp³-hybridized carbons (Fsp3) is 0.448. The number of pyridine rings is 1. The summed E-state index contributed by atoms with van der Waals surface area (Å²) in [5.74, 6) is 1.63. The molecular weight excluding hydrogens is 452 g/mol. The van der Waals surface area contributed by atoms with E-state index in [4.69, 9.17) is 9.47 Å². The molecule has 0 atom stereocenters. The standard InChI is InChI=1S/C29H38N4O3/c1-6-33-14-12-20(13-15-33)19-36-26-16-22-24(17-25(26)35-5)30-18-23(28(34)32-29(2,3)4)27(22)31-21-10-8-7-9-11-21/h7-11,16-18,20H,6,12-15,19H2,1-5H3,(H,30,31)(H,32,34). The van der Waals surface area contributed by atoms with Gasteiger partial charge in [0.1, 0.15) is 0 Å². The van der Waals surface area contributed by atoms with E-state index in [0.29, 0.717) is 35.3 Å². The summed E-state index contributed by atoms with van der Waals surface area (Å²) in [5.41, 5.74) is 2.40. The minimum Gasteiger partial charge on any atom is -0.493 e. The number of nitrogens with one attached hydrogen (secondary N) is 2. The number of amides is 1. The van der Waals surface area contributed by atoms with Gasteiger partial charge in [0.05, 0.1) is 30.5 Å². The van der Waals surface area contributed by atoms with Crippen molar-refractivity contribution in [3.05, 3.63) is 54.2 Å². The van der Waals surface area contributed by atoms with Gasteiger partial charge in [0, 0.05) is 28.9 Å². The predicted octanol–water partition coefficient (Wildman–Crippen LogP) is 5.63. The molecule has 1 aliphatic heterocycles. The minimum atomic E-state index is -0.377. The lowest BCUT2D eigenvalue weighted by atomic mass is 9.98. The van der Waals surface area contributed by atoms with Crippen molar-refractivity contribution in [2.45, 2.75) is 46.1 Å². The largest absolute Gasteiger partial charge is 0.493 e. The zero-order valence-electron chi connectivity index (χ0n) is 22.1. The Hall–Kier alpha value is -3.32.